The van der Waals surface area contributed by atoms with Gasteiger partial charge in [0.1, 0.15) is 17.2 Å². The van der Waals surface area contributed by atoms with Gasteiger partial charge in [0, 0.05) is 37.1 Å². The lowest BCUT2D eigenvalue weighted by Crippen LogP contribution is -2.43. The van der Waals surface area contributed by atoms with E-state index in [1.54, 1.807) is 17.0 Å². The highest BCUT2D eigenvalue weighted by Gasteiger charge is 2.25. The van der Waals surface area contributed by atoms with Crippen molar-refractivity contribution in [1.82, 2.24) is 14.9 Å². The third kappa shape index (κ3) is 5.39. The van der Waals surface area contributed by atoms with Crippen LogP contribution < -0.4 is 22.1 Å². The number of primary amides is 1. The van der Waals surface area contributed by atoms with Crippen molar-refractivity contribution in [3.05, 3.63) is 76.7 Å². The van der Waals surface area contributed by atoms with Crippen LogP contribution >= 0.6 is 0 Å². The number of anilines is 3. The smallest absolute Gasteiger partial charge is 0.257 e. The van der Waals surface area contributed by atoms with E-state index in [0.29, 0.717) is 31.1 Å². The molecule has 10 heteroatoms. The van der Waals surface area contributed by atoms with E-state index in [2.05, 4.69) is 20.6 Å². The minimum absolute atomic E-state index is 0.0141. The molecular weight excluding hydrogens is 473 g/mol. The fraction of sp³-hybridized carbons (Fsp3) is 0.333. The largest absolute Gasteiger partial charge is 0.365 e. The van der Waals surface area contributed by atoms with E-state index in [1.165, 1.54) is 18.3 Å². The molecule has 0 radical (unpaired) electrons. The van der Waals surface area contributed by atoms with E-state index in [4.69, 9.17) is 11.5 Å². The second kappa shape index (κ2) is 10.5. The molecule has 0 saturated heterocycles. The van der Waals surface area contributed by atoms with Crippen LogP contribution in [0.1, 0.15) is 57.5 Å². The van der Waals surface area contributed by atoms with E-state index in [1.807, 2.05) is 18.2 Å². The van der Waals surface area contributed by atoms with Gasteiger partial charge in [-0.05, 0) is 54.7 Å². The van der Waals surface area contributed by atoms with Crippen molar-refractivity contribution in [2.45, 2.75) is 50.7 Å². The van der Waals surface area contributed by atoms with Crippen LogP contribution in [-0.2, 0) is 13.0 Å². The highest BCUT2D eigenvalue weighted by Crippen LogP contribution is 2.27. The SMILES string of the molecule is NC(=O)c1cnc(N[C@@H]2CCCC[C@@H]2N)nc1Nc1ccc2c(c1)CN(C(=O)c1ccccc1F)CC2. The van der Waals surface area contributed by atoms with E-state index in [9.17, 15) is 14.0 Å². The molecular formula is C27H30FN7O2. The Labute approximate surface area is 214 Å². The van der Waals surface area contributed by atoms with Crippen molar-refractivity contribution in [2.75, 3.05) is 17.2 Å². The molecule has 3 aromatic rings. The molecule has 6 N–H and O–H groups in total. The van der Waals surface area contributed by atoms with Crippen molar-refractivity contribution in [2.24, 2.45) is 11.5 Å². The topological polar surface area (TPSA) is 139 Å². The zero-order valence-corrected chi connectivity index (χ0v) is 20.4. The first-order valence-corrected chi connectivity index (χ1v) is 12.5. The Kier molecular flexibility index (Phi) is 7.00. The number of hydrogen-bond donors (Lipinski definition) is 4. The summed E-state index contributed by atoms with van der Waals surface area (Å²) in [6, 6.07) is 11.9. The average molecular weight is 504 g/mol. The van der Waals surface area contributed by atoms with Gasteiger partial charge in [-0.2, -0.15) is 4.98 Å². The number of amides is 2. The molecule has 2 aromatic carbocycles. The normalized spacial score (nSPS) is 19.1. The fourth-order valence-corrected chi connectivity index (χ4v) is 4.98. The van der Waals surface area contributed by atoms with Gasteiger partial charge in [-0.3, -0.25) is 9.59 Å². The number of hydrogen-bond acceptors (Lipinski definition) is 7. The summed E-state index contributed by atoms with van der Waals surface area (Å²) < 4.78 is 14.2. The minimum Gasteiger partial charge on any atom is -0.365 e. The van der Waals surface area contributed by atoms with Gasteiger partial charge in [0.2, 0.25) is 5.95 Å². The van der Waals surface area contributed by atoms with Crippen LogP contribution in [0.5, 0.6) is 0 Å². The lowest BCUT2D eigenvalue weighted by Gasteiger charge is -2.30. The third-order valence-electron chi connectivity index (χ3n) is 7.06. The summed E-state index contributed by atoms with van der Waals surface area (Å²) in [5.74, 6) is -0.873. The lowest BCUT2D eigenvalue weighted by molar-refractivity contribution is 0.0729. The predicted octanol–water partition coefficient (Wildman–Crippen LogP) is 3.34. The number of nitrogens with one attached hydrogen (secondary N) is 2. The van der Waals surface area contributed by atoms with E-state index < -0.39 is 11.7 Å². The summed E-state index contributed by atoms with van der Waals surface area (Å²) in [5.41, 5.74) is 14.8. The Morgan fingerprint density at radius 3 is 2.65 bits per heavy atom. The quantitative estimate of drug-likeness (QED) is 0.405. The van der Waals surface area contributed by atoms with E-state index in [-0.39, 0.29) is 34.9 Å². The first-order valence-electron chi connectivity index (χ1n) is 12.5. The van der Waals surface area contributed by atoms with Gasteiger partial charge in [0.15, 0.2) is 0 Å². The molecule has 2 atom stereocenters. The summed E-state index contributed by atoms with van der Waals surface area (Å²) in [4.78, 5) is 35.4. The van der Waals surface area contributed by atoms with Crippen LogP contribution in [0, 0.1) is 5.82 Å². The van der Waals surface area contributed by atoms with Gasteiger partial charge < -0.3 is 27.0 Å². The number of nitrogens with two attached hydrogens (primary N) is 2. The molecule has 2 amide bonds. The monoisotopic (exact) mass is 503 g/mol. The summed E-state index contributed by atoms with van der Waals surface area (Å²) in [6.45, 7) is 0.847. The maximum Gasteiger partial charge on any atom is 0.257 e. The van der Waals surface area contributed by atoms with Gasteiger partial charge in [0.05, 0.1) is 5.56 Å². The van der Waals surface area contributed by atoms with Crippen molar-refractivity contribution in [3.8, 4) is 0 Å². The maximum atomic E-state index is 14.2. The molecule has 37 heavy (non-hydrogen) atoms. The van der Waals surface area contributed by atoms with Crippen LogP contribution in [0.15, 0.2) is 48.7 Å². The average Bonchev–Trinajstić information content (AvgIpc) is 2.89. The second-order valence-electron chi connectivity index (χ2n) is 9.58. The number of carbonyl (C=O) groups excluding carboxylic acids is 2. The Bertz CT molecular complexity index is 1330. The molecule has 9 nitrogen and oxygen atoms in total. The summed E-state index contributed by atoms with van der Waals surface area (Å²) in [5, 5.41) is 6.49. The highest BCUT2D eigenvalue weighted by atomic mass is 19.1. The molecule has 1 aliphatic carbocycles. The molecule has 0 spiro atoms. The fourth-order valence-electron chi connectivity index (χ4n) is 4.98. The Morgan fingerprint density at radius 2 is 1.86 bits per heavy atom. The van der Waals surface area contributed by atoms with Crippen LogP contribution in [0.3, 0.4) is 0 Å². The first-order chi connectivity index (χ1) is 17.9. The molecule has 1 saturated carbocycles. The lowest BCUT2D eigenvalue weighted by atomic mass is 9.91. The standard InChI is InChI=1S/C27H30FN7O2/c28-21-6-2-1-5-19(21)26(37)35-12-11-16-9-10-18(13-17(16)15-35)32-25-20(24(30)36)14-31-27(34-25)33-23-8-4-3-7-22(23)29/h1-2,5-6,9-10,13-14,22-23H,3-4,7-8,11-12,15,29H2,(H2,30,36)(H2,31,32,33,34)/t22-,23+/m0/s1. The Balaban J connectivity index is 1.36. The molecule has 2 aliphatic rings. The number of benzene rings is 2. The van der Waals surface area contributed by atoms with E-state index in [0.717, 1.165) is 36.8 Å². The number of fused-ring (bicyclic) bond motifs is 1. The first kappa shape index (κ1) is 24.6. The Hall–Kier alpha value is -4.05. The minimum atomic E-state index is -0.650. The molecule has 192 valence electrons. The van der Waals surface area contributed by atoms with Crippen molar-refractivity contribution in [1.29, 1.82) is 0 Å². The molecule has 0 bridgehead atoms. The van der Waals surface area contributed by atoms with Gasteiger partial charge >= 0.3 is 0 Å². The van der Waals surface area contributed by atoms with Crippen molar-refractivity contribution < 1.29 is 14.0 Å². The van der Waals surface area contributed by atoms with Gasteiger partial charge in [-0.15, -0.1) is 0 Å². The summed E-state index contributed by atoms with van der Waals surface area (Å²) >= 11 is 0. The number of rotatable bonds is 6. The van der Waals surface area contributed by atoms with Gasteiger partial charge in [0.25, 0.3) is 11.8 Å². The molecule has 0 unspecified atom stereocenters. The molecule has 1 aromatic heterocycles. The summed E-state index contributed by atoms with van der Waals surface area (Å²) in [7, 11) is 0. The zero-order valence-electron chi connectivity index (χ0n) is 20.4. The second-order valence-corrected chi connectivity index (χ2v) is 9.58. The third-order valence-corrected chi connectivity index (χ3v) is 7.06. The van der Waals surface area contributed by atoms with Crippen LogP contribution in [0.2, 0.25) is 0 Å². The molecule has 5 rings (SSSR count). The molecule has 1 aliphatic heterocycles. The van der Waals surface area contributed by atoms with Crippen LogP contribution in [0.25, 0.3) is 0 Å². The summed E-state index contributed by atoms with van der Waals surface area (Å²) in [6.07, 6.45) is 6.12. The van der Waals surface area contributed by atoms with Gasteiger partial charge in [-0.1, -0.05) is 31.0 Å². The number of nitrogens with zero attached hydrogens (tertiary/aromatic N) is 3. The Morgan fingerprint density at radius 1 is 1.05 bits per heavy atom. The number of carbonyl (C=O) groups is 2. The number of halogens is 1. The van der Waals surface area contributed by atoms with Crippen molar-refractivity contribution in [3.63, 3.8) is 0 Å². The maximum absolute atomic E-state index is 14.2. The molecule has 1 fully saturated rings. The van der Waals surface area contributed by atoms with E-state index >= 15 is 0 Å². The van der Waals surface area contributed by atoms with Gasteiger partial charge in [-0.25, -0.2) is 9.37 Å². The molecule has 2 heterocycles. The van der Waals surface area contributed by atoms with Crippen molar-refractivity contribution >= 4 is 29.3 Å². The predicted molar refractivity (Wildman–Crippen MR) is 139 cm³/mol. The number of aromatic nitrogens is 2. The zero-order chi connectivity index (χ0) is 25.9. The highest BCUT2D eigenvalue weighted by molar-refractivity contribution is 5.98. The van der Waals surface area contributed by atoms with Crippen LogP contribution in [0.4, 0.5) is 21.8 Å². The van der Waals surface area contributed by atoms with Crippen LogP contribution in [-0.4, -0.2) is 45.3 Å².